The molecule has 4 saturated carbocycles. The molecule has 1 aromatic carbocycles. The summed E-state index contributed by atoms with van der Waals surface area (Å²) in [6, 6.07) is 5.49. The summed E-state index contributed by atoms with van der Waals surface area (Å²) in [6.07, 6.45) is 5.89. The average molecular weight is 461 g/mol. The average Bonchev–Trinajstić information content (AvgIpc) is 3.15. The maximum atomic E-state index is 13.3. The summed E-state index contributed by atoms with van der Waals surface area (Å²) in [5.74, 6) is 2.06. The lowest BCUT2D eigenvalue weighted by Crippen LogP contribution is -2.55. The van der Waals surface area contributed by atoms with Gasteiger partial charge in [-0.15, -0.1) is 0 Å². The van der Waals surface area contributed by atoms with E-state index in [9.17, 15) is 24.8 Å². The summed E-state index contributed by atoms with van der Waals surface area (Å²) in [6.45, 7) is 4.79. The van der Waals surface area contributed by atoms with E-state index < -0.39 is 18.3 Å². The van der Waals surface area contributed by atoms with Gasteiger partial charge in [-0.05, 0) is 116 Å². The van der Waals surface area contributed by atoms with Gasteiger partial charge in [0.2, 0.25) is 0 Å². The Morgan fingerprint density at radius 2 is 1.52 bits per heavy atom. The summed E-state index contributed by atoms with van der Waals surface area (Å²) < 4.78 is 13.3. The zero-order valence-electron chi connectivity index (χ0n) is 20.0. The Morgan fingerprint density at radius 3 is 2.24 bits per heavy atom. The molecular weight excluding hydrogens is 419 g/mol. The van der Waals surface area contributed by atoms with Crippen LogP contribution in [0.4, 0.5) is 4.39 Å². The molecule has 4 N–H and O–H groups in total. The fourth-order valence-electron chi connectivity index (χ4n) is 9.12. The van der Waals surface area contributed by atoms with Gasteiger partial charge < -0.3 is 20.4 Å². The van der Waals surface area contributed by atoms with Crippen LogP contribution in [0.3, 0.4) is 0 Å². The number of aliphatic hydroxyl groups is 4. The highest BCUT2D eigenvalue weighted by Gasteiger charge is 2.61. The highest BCUT2D eigenvalue weighted by Crippen LogP contribution is 2.68. The molecule has 0 bridgehead atoms. The van der Waals surface area contributed by atoms with Gasteiger partial charge in [0.15, 0.2) is 0 Å². The summed E-state index contributed by atoms with van der Waals surface area (Å²) in [5.41, 5.74) is 0.706. The summed E-state index contributed by atoms with van der Waals surface area (Å²) in [4.78, 5) is 0. The van der Waals surface area contributed by atoms with Crippen molar-refractivity contribution in [2.24, 2.45) is 40.4 Å². The number of fused-ring (bicyclic) bond motifs is 5. The first kappa shape index (κ1) is 23.7. The quantitative estimate of drug-likeness (QED) is 0.529. The number of aliphatic hydroxyl groups excluding tert-OH is 4. The first-order valence-corrected chi connectivity index (χ1v) is 13.1. The van der Waals surface area contributed by atoms with Crippen molar-refractivity contribution in [1.29, 1.82) is 0 Å². The van der Waals surface area contributed by atoms with Crippen molar-refractivity contribution in [2.45, 2.75) is 96.1 Å². The Hall–Kier alpha value is -1.01. The predicted octanol–water partition coefficient (Wildman–Crippen LogP) is 4.60. The van der Waals surface area contributed by atoms with E-state index in [0.29, 0.717) is 34.7 Å². The summed E-state index contributed by atoms with van der Waals surface area (Å²) in [5, 5.41) is 43.1. The summed E-state index contributed by atoms with van der Waals surface area (Å²) in [7, 11) is 0. The van der Waals surface area contributed by atoms with Crippen LogP contribution in [0.25, 0.3) is 0 Å². The topological polar surface area (TPSA) is 80.9 Å². The van der Waals surface area contributed by atoms with Gasteiger partial charge in [-0.1, -0.05) is 26.0 Å². The predicted molar refractivity (Wildman–Crippen MR) is 125 cm³/mol. The zero-order valence-corrected chi connectivity index (χ0v) is 20.0. The van der Waals surface area contributed by atoms with E-state index in [4.69, 9.17) is 0 Å². The van der Waals surface area contributed by atoms with E-state index in [1.807, 2.05) is 0 Å². The lowest BCUT2D eigenvalue weighted by Gasteiger charge is -2.61. The third kappa shape index (κ3) is 3.78. The number of benzene rings is 1. The molecule has 33 heavy (non-hydrogen) atoms. The maximum absolute atomic E-state index is 13.3. The van der Waals surface area contributed by atoms with Crippen LogP contribution in [0.15, 0.2) is 24.3 Å². The standard InChI is InChI=1S/C28H41FO4/c1-27-13-11-19(30)15-17(27)5-8-20-21-9-10-23(28(21,2)14-12-22(20)27)25(32)26(33)24(31)16-3-6-18(29)7-4-16/h3-4,6-7,17,19-26,30-33H,5,8-15H2,1-2H3/t17-,19-,20-,21-,22-,23+,24+,25-,26-,27-,28-/m0/s1. The molecule has 4 nitrogen and oxygen atoms in total. The lowest BCUT2D eigenvalue weighted by atomic mass is 9.44. The molecule has 5 rings (SSSR count). The third-order valence-electron chi connectivity index (χ3n) is 11.0. The summed E-state index contributed by atoms with van der Waals surface area (Å²) >= 11 is 0. The van der Waals surface area contributed by atoms with Gasteiger partial charge in [-0.25, -0.2) is 4.39 Å². The Labute approximate surface area is 197 Å². The highest BCUT2D eigenvalue weighted by molar-refractivity contribution is 5.20. The minimum Gasteiger partial charge on any atom is -0.393 e. The van der Waals surface area contributed by atoms with E-state index in [2.05, 4.69) is 13.8 Å². The zero-order chi connectivity index (χ0) is 23.5. The van der Waals surface area contributed by atoms with Crippen molar-refractivity contribution >= 4 is 0 Å². The van der Waals surface area contributed by atoms with Crippen molar-refractivity contribution < 1.29 is 24.8 Å². The van der Waals surface area contributed by atoms with E-state index in [1.165, 1.54) is 37.1 Å². The van der Waals surface area contributed by atoms with Crippen LogP contribution in [-0.2, 0) is 0 Å². The van der Waals surface area contributed by atoms with Crippen LogP contribution in [-0.4, -0.2) is 38.7 Å². The maximum Gasteiger partial charge on any atom is 0.123 e. The molecule has 0 spiro atoms. The van der Waals surface area contributed by atoms with Crippen molar-refractivity contribution in [3.05, 3.63) is 35.6 Å². The van der Waals surface area contributed by atoms with Gasteiger partial charge in [0.05, 0.1) is 12.2 Å². The monoisotopic (exact) mass is 460 g/mol. The number of halogens is 1. The van der Waals surface area contributed by atoms with Crippen LogP contribution in [0.1, 0.15) is 83.3 Å². The molecule has 5 heteroatoms. The first-order chi connectivity index (χ1) is 15.6. The second kappa shape index (κ2) is 8.58. The second-order valence-corrected chi connectivity index (χ2v) is 12.3. The molecule has 0 aromatic heterocycles. The Bertz CT molecular complexity index is 845. The minimum absolute atomic E-state index is 0.0402. The number of rotatable bonds is 4. The molecule has 0 radical (unpaired) electrons. The van der Waals surface area contributed by atoms with Crippen LogP contribution < -0.4 is 0 Å². The molecule has 0 unspecified atom stereocenters. The molecule has 0 heterocycles. The number of hydrogen-bond donors (Lipinski definition) is 4. The van der Waals surface area contributed by atoms with E-state index in [0.717, 1.165) is 44.9 Å². The number of hydrogen-bond acceptors (Lipinski definition) is 4. The fraction of sp³-hybridized carbons (Fsp3) is 0.786. The molecule has 0 saturated heterocycles. The van der Waals surface area contributed by atoms with Crippen molar-refractivity contribution in [2.75, 3.05) is 0 Å². The van der Waals surface area contributed by atoms with Crippen molar-refractivity contribution in [1.82, 2.24) is 0 Å². The Kier molecular flexibility index (Phi) is 6.17. The molecule has 1 aromatic rings. The van der Waals surface area contributed by atoms with E-state index in [-0.39, 0.29) is 23.3 Å². The largest absolute Gasteiger partial charge is 0.393 e. The van der Waals surface area contributed by atoms with Gasteiger partial charge in [0.25, 0.3) is 0 Å². The van der Waals surface area contributed by atoms with Gasteiger partial charge in [0.1, 0.15) is 18.0 Å². The van der Waals surface area contributed by atoms with Crippen molar-refractivity contribution in [3.63, 3.8) is 0 Å². The molecular formula is C28H41FO4. The van der Waals surface area contributed by atoms with E-state index in [1.54, 1.807) is 0 Å². The molecule has 4 fully saturated rings. The van der Waals surface area contributed by atoms with Gasteiger partial charge in [0, 0.05) is 0 Å². The van der Waals surface area contributed by atoms with Crippen molar-refractivity contribution in [3.8, 4) is 0 Å². The van der Waals surface area contributed by atoms with Crippen LogP contribution in [0.2, 0.25) is 0 Å². The lowest BCUT2D eigenvalue weighted by molar-refractivity contribution is -0.147. The molecule has 0 aliphatic heterocycles. The Morgan fingerprint density at radius 1 is 0.848 bits per heavy atom. The molecule has 4 aliphatic carbocycles. The van der Waals surface area contributed by atoms with Gasteiger partial charge in [-0.3, -0.25) is 0 Å². The van der Waals surface area contributed by atoms with Crippen LogP contribution in [0.5, 0.6) is 0 Å². The van der Waals surface area contributed by atoms with Crippen LogP contribution >= 0.6 is 0 Å². The van der Waals surface area contributed by atoms with E-state index >= 15 is 0 Å². The Balaban J connectivity index is 1.33. The molecule has 11 atom stereocenters. The van der Waals surface area contributed by atoms with Crippen LogP contribution in [0, 0.1) is 46.2 Å². The molecule has 0 amide bonds. The molecule has 184 valence electrons. The second-order valence-electron chi connectivity index (χ2n) is 12.3. The SMILES string of the molecule is C[C@]12CC[C@H](O)C[C@@H]1CC[C@@H]1[C@@H]2CC[C@]2(C)[C@@H]([C@H](O)[C@@H](O)[C@H](O)c3ccc(F)cc3)CC[C@@H]12. The minimum atomic E-state index is -1.29. The fourth-order valence-corrected chi connectivity index (χ4v) is 9.12. The normalized spacial score (nSPS) is 45.4. The molecule has 4 aliphatic rings. The van der Waals surface area contributed by atoms with Gasteiger partial charge in [-0.2, -0.15) is 0 Å². The third-order valence-corrected chi connectivity index (χ3v) is 11.0. The van der Waals surface area contributed by atoms with Gasteiger partial charge >= 0.3 is 0 Å². The first-order valence-electron chi connectivity index (χ1n) is 13.1. The highest BCUT2D eigenvalue weighted by atomic mass is 19.1. The smallest absolute Gasteiger partial charge is 0.123 e.